The van der Waals surface area contributed by atoms with E-state index in [9.17, 15) is 18.0 Å². The Hall–Kier alpha value is -2.19. The Morgan fingerprint density at radius 2 is 1.86 bits per heavy atom. The molecular formula is C20H22ClF3N4O. The number of carbonyl (C=O) groups is 1. The maximum Gasteiger partial charge on any atom is 0.416 e. The molecule has 4 rings (SSSR count). The molecule has 2 fully saturated rings. The number of aryl methyl sites for hydroxylation is 1. The van der Waals surface area contributed by atoms with Crippen LogP contribution in [-0.4, -0.2) is 39.9 Å². The molecule has 156 valence electrons. The second-order valence-electron chi connectivity index (χ2n) is 7.62. The van der Waals surface area contributed by atoms with Gasteiger partial charge in [0.05, 0.1) is 17.3 Å². The molecule has 1 spiro atoms. The number of rotatable bonds is 2. The number of halogens is 4. The highest BCUT2D eigenvalue weighted by Crippen LogP contribution is 2.38. The summed E-state index contributed by atoms with van der Waals surface area (Å²) >= 11 is 0. The van der Waals surface area contributed by atoms with E-state index in [-0.39, 0.29) is 24.4 Å². The predicted octanol–water partition coefficient (Wildman–Crippen LogP) is 3.92. The Morgan fingerprint density at radius 3 is 2.45 bits per heavy atom. The SMILES string of the molecule is Cc1cc(-c2ccc(C(F)(F)F)cc2)nc([C@@H]2CC[C@@]3(CCN(C)C3=O)N2)n1.Cl. The Kier molecular flexibility index (Phi) is 5.62. The lowest BCUT2D eigenvalue weighted by atomic mass is 9.96. The number of nitrogens with zero attached hydrogens (tertiary/aromatic N) is 3. The summed E-state index contributed by atoms with van der Waals surface area (Å²) in [6.07, 6.45) is -2.13. The van der Waals surface area contributed by atoms with Crippen molar-refractivity contribution in [3.05, 3.63) is 47.4 Å². The highest BCUT2D eigenvalue weighted by molar-refractivity contribution is 5.88. The van der Waals surface area contributed by atoms with Gasteiger partial charge in [0.25, 0.3) is 0 Å². The summed E-state index contributed by atoms with van der Waals surface area (Å²) in [5, 5.41) is 3.43. The van der Waals surface area contributed by atoms with Crippen molar-refractivity contribution < 1.29 is 18.0 Å². The van der Waals surface area contributed by atoms with Crippen molar-refractivity contribution in [2.75, 3.05) is 13.6 Å². The highest BCUT2D eigenvalue weighted by Gasteiger charge is 2.50. The predicted molar refractivity (Wildman–Crippen MR) is 105 cm³/mol. The average Bonchev–Trinajstić information content (AvgIpc) is 3.21. The largest absolute Gasteiger partial charge is 0.416 e. The quantitative estimate of drug-likeness (QED) is 0.790. The molecule has 1 amide bonds. The van der Waals surface area contributed by atoms with Crippen LogP contribution < -0.4 is 5.32 Å². The number of likely N-dealkylation sites (tertiary alicyclic amines) is 1. The van der Waals surface area contributed by atoms with E-state index in [1.807, 2.05) is 6.92 Å². The highest BCUT2D eigenvalue weighted by atomic mass is 35.5. The smallest absolute Gasteiger partial charge is 0.344 e. The minimum atomic E-state index is -4.37. The second kappa shape index (κ2) is 7.57. The molecule has 2 saturated heterocycles. The number of benzene rings is 1. The number of alkyl halides is 3. The molecule has 1 N–H and O–H groups in total. The van der Waals surface area contributed by atoms with Crippen LogP contribution in [-0.2, 0) is 11.0 Å². The number of likely N-dealkylation sites (N-methyl/N-ethyl adjacent to an activating group) is 1. The first kappa shape index (κ1) is 21.5. The maximum absolute atomic E-state index is 12.8. The molecule has 2 aliphatic heterocycles. The number of carbonyl (C=O) groups excluding carboxylic acids is 1. The molecule has 5 nitrogen and oxygen atoms in total. The summed E-state index contributed by atoms with van der Waals surface area (Å²) in [6.45, 7) is 2.56. The Morgan fingerprint density at radius 1 is 1.17 bits per heavy atom. The Bertz CT molecular complexity index is 919. The zero-order valence-electron chi connectivity index (χ0n) is 16.1. The van der Waals surface area contributed by atoms with Gasteiger partial charge in [-0.25, -0.2) is 9.97 Å². The lowest BCUT2D eigenvalue weighted by Gasteiger charge is -2.23. The molecular weight excluding hydrogens is 405 g/mol. The number of hydrogen-bond donors (Lipinski definition) is 1. The van der Waals surface area contributed by atoms with Crippen LogP contribution in [0.15, 0.2) is 30.3 Å². The summed E-state index contributed by atoms with van der Waals surface area (Å²) in [5.41, 5.74) is 0.683. The van der Waals surface area contributed by atoms with Crippen molar-refractivity contribution in [1.82, 2.24) is 20.2 Å². The summed E-state index contributed by atoms with van der Waals surface area (Å²) < 4.78 is 38.4. The van der Waals surface area contributed by atoms with Crippen molar-refractivity contribution in [3.8, 4) is 11.3 Å². The zero-order chi connectivity index (χ0) is 20.1. The van der Waals surface area contributed by atoms with Crippen molar-refractivity contribution in [2.45, 2.75) is 43.9 Å². The third-order valence-electron chi connectivity index (χ3n) is 5.63. The van der Waals surface area contributed by atoms with E-state index >= 15 is 0 Å². The van der Waals surface area contributed by atoms with Gasteiger partial charge in [-0.2, -0.15) is 13.2 Å². The standard InChI is InChI=1S/C20H21F3N4O.ClH/c1-12-11-16(13-3-5-14(6-4-13)20(21,22)23)25-17(24-12)15-7-8-19(26-15)9-10-27(2)18(19)28;/h3-6,11,15,26H,7-10H2,1-2H3;1H/t15-,19-;/m0./s1. The van der Waals surface area contributed by atoms with Gasteiger partial charge in [0.15, 0.2) is 0 Å². The lowest BCUT2D eigenvalue weighted by molar-refractivity contribution is -0.137. The summed E-state index contributed by atoms with van der Waals surface area (Å²) in [6, 6.07) is 6.57. The first-order valence-corrected chi connectivity index (χ1v) is 9.24. The number of nitrogens with one attached hydrogen (secondary N) is 1. The molecule has 2 aromatic rings. The molecule has 0 radical (unpaired) electrons. The number of amides is 1. The fourth-order valence-electron chi connectivity index (χ4n) is 4.09. The van der Waals surface area contributed by atoms with Crippen LogP contribution in [0, 0.1) is 6.92 Å². The average molecular weight is 427 g/mol. The molecule has 1 aromatic heterocycles. The van der Waals surface area contributed by atoms with Crippen molar-refractivity contribution in [3.63, 3.8) is 0 Å². The van der Waals surface area contributed by atoms with Crippen LogP contribution in [0.2, 0.25) is 0 Å². The van der Waals surface area contributed by atoms with Gasteiger partial charge in [0.2, 0.25) is 5.91 Å². The normalized spacial score (nSPS) is 24.2. The van der Waals surface area contributed by atoms with Gasteiger partial charge in [-0.05, 0) is 44.4 Å². The summed E-state index contributed by atoms with van der Waals surface area (Å²) in [7, 11) is 1.80. The second-order valence-corrected chi connectivity index (χ2v) is 7.62. The van der Waals surface area contributed by atoms with Gasteiger partial charge in [0.1, 0.15) is 11.4 Å². The number of hydrogen-bond acceptors (Lipinski definition) is 4. The topological polar surface area (TPSA) is 58.1 Å². The van der Waals surface area contributed by atoms with Crippen LogP contribution in [0.5, 0.6) is 0 Å². The zero-order valence-corrected chi connectivity index (χ0v) is 16.9. The van der Waals surface area contributed by atoms with Gasteiger partial charge >= 0.3 is 6.18 Å². The van der Waals surface area contributed by atoms with Gasteiger partial charge in [-0.15, -0.1) is 12.4 Å². The molecule has 1 aromatic carbocycles. The monoisotopic (exact) mass is 426 g/mol. The maximum atomic E-state index is 12.8. The van der Waals surface area contributed by atoms with Crippen LogP contribution in [0.1, 0.15) is 42.4 Å². The van der Waals surface area contributed by atoms with Gasteiger partial charge < -0.3 is 4.90 Å². The van der Waals surface area contributed by atoms with Gasteiger partial charge in [-0.3, -0.25) is 10.1 Å². The molecule has 2 atom stereocenters. The van der Waals surface area contributed by atoms with Crippen molar-refractivity contribution in [1.29, 1.82) is 0 Å². The van der Waals surface area contributed by atoms with E-state index in [4.69, 9.17) is 0 Å². The van der Waals surface area contributed by atoms with E-state index in [1.54, 1.807) is 18.0 Å². The van der Waals surface area contributed by atoms with E-state index in [1.165, 1.54) is 12.1 Å². The summed E-state index contributed by atoms with van der Waals surface area (Å²) in [4.78, 5) is 23.4. The van der Waals surface area contributed by atoms with Crippen LogP contribution >= 0.6 is 12.4 Å². The van der Waals surface area contributed by atoms with Crippen LogP contribution in [0.3, 0.4) is 0 Å². The van der Waals surface area contributed by atoms with Gasteiger partial charge in [-0.1, -0.05) is 12.1 Å². The molecule has 0 unspecified atom stereocenters. The van der Waals surface area contributed by atoms with E-state index in [2.05, 4.69) is 15.3 Å². The summed E-state index contributed by atoms with van der Waals surface area (Å²) in [5.74, 6) is 0.680. The molecule has 3 heterocycles. The van der Waals surface area contributed by atoms with Gasteiger partial charge in [0, 0.05) is 24.8 Å². The molecule has 0 aliphatic carbocycles. The first-order valence-electron chi connectivity index (χ1n) is 9.24. The van der Waals surface area contributed by atoms with Crippen LogP contribution in [0.25, 0.3) is 11.3 Å². The molecule has 0 bridgehead atoms. The van der Waals surface area contributed by atoms with Crippen LogP contribution in [0.4, 0.5) is 13.2 Å². The van der Waals surface area contributed by atoms with E-state index in [0.717, 1.165) is 43.6 Å². The molecule has 0 saturated carbocycles. The van der Waals surface area contributed by atoms with E-state index < -0.39 is 17.3 Å². The first-order chi connectivity index (χ1) is 13.2. The molecule has 9 heteroatoms. The Balaban J connectivity index is 0.00000240. The van der Waals surface area contributed by atoms with Crippen molar-refractivity contribution in [2.24, 2.45) is 0 Å². The fourth-order valence-corrected chi connectivity index (χ4v) is 4.09. The fraction of sp³-hybridized carbons (Fsp3) is 0.450. The molecule has 2 aliphatic rings. The number of aromatic nitrogens is 2. The lowest BCUT2D eigenvalue weighted by Crippen LogP contribution is -2.47. The third kappa shape index (κ3) is 3.96. The van der Waals surface area contributed by atoms with Crippen molar-refractivity contribution >= 4 is 18.3 Å². The minimum Gasteiger partial charge on any atom is -0.344 e. The molecule has 29 heavy (non-hydrogen) atoms. The minimum absolute atomic E-state index is 0. The Labute approximate surface area is 173 Å². The van der Waals surface area contributed by atoms with E-state index in [0.29, 0.717) is 17.1 Å². The third-order valence-corrected chi connectivity index (χ3v) is 5.63.